The SMILES string of the molecule is CC(C)c1ccc(N[C@@H]2CCCN(Cc3ccn[nH]3)C2)cc1. The van der Waals surface area contributed by atoms with Crippen LogP contribution in [-0.4, -0.2) is 34.2 Å². The van der Waals surface area contributed by atoms with Crippen molar-refractivity contribution in [1.29, 1.82) is 0 Å². The lowest BCUT2D eigenvalue weighted by Gasteiger charge is -2.33. The Kier molecular flexibility index (Phi) is 4.78. The zero-order valence-corrected chi connectivity index (χ0v) is 13.5. The summed E-state index contributed by atoms with van der Waals surface area (Å²) in [6.45, 7) is 7.69. The first-order chi connectivity index (χ1) is 10.7. The number of rotatable bonds is 5. The molecule has 0 radical (unpaired) electrons. The molecule has 0 aliphatic carbocycles. The molecule has 2 aromatic rings. The number of hydrogen-bond acceptors (Lipinski definition) is 3. The molecule has 1 aromatic heterocycles. The first-order valence-corrected chi connectivity index (χ1v) is 8.28. The molecule has 0 unspecified atom stereocenters. The molecule has 22 heavy (non-hydrogen) atoms. The Balaban J connectivity index is 1.55. The Hall–Kier alpha value is -1.81. The van der Waals surface area contributed by atoms with E-state index in [1.165, 1.54) is 36.3 Å². The van der Waals surface area contributed by atoms with E-state index in [0.29, 0.717) is 12.0 Å². The lowest BCUT2D eigenvalue weighted by atomic mass is 10.0. The van der Waals surface area contributed by atoms with Crippen molar-refractivity contribution in [3.8, 4) is 0 Å². The lowest BCUT2D eigenvalue weighted by molar-refractivity contribution is 0.206. The highest BCUT2D eigenvalue weighted by molar-refractivity contribution is 5.46. The quantitative estimate of drug-likeness (QED) is 0.886. The Bertz CT molecular complexity index is 559. The van der Waals surface area contributed by atoms with Gasteiger partial charge in [0.25, 0.3) is 0 Å². The summed E-state index contributed by atoms with van der Waals surface area (Å²) in [4.78, 5) is 2.50. The van der Waals surface area contributed by atoms with Gasteiger partial charge in [-0.1, -0.05) is 26.0 Å². The molecule has 1 aliphatic heterocycles. The number of likely N-dealkylation sites (tertiary alicyclic amines) is 1. The molecule has 3 rings (SSSR count). The van der Waals surface area contributed by atoms with E-state index in [-0.39, 0.29) is 0 Å². The molecule has 1 saturated heterocycles. The standard InChI is InChI=1S/C18H26N4/c1-14(2)15-5-7-16(8-6-15)20-17-4-3-11-22(12-17)13-18-9-10-19-21-18/h5-10,14,17,20H,3-4,11-13H2,1-2H3,(H,19,21)/t17-/m1/s1. The van der Waals surface area contributed by atoms with Gasteiger partial charge in [0.15, 0.2) is 0 Å². The van der Waals surface area contributed by atoms with E-state index in [0.717, 1.165) is 13.1 Å². The lowest BCUT2D eigenvalue weighted by Crippen LogP contribution is -2.41. The van der Waals surface area contributed by atoms with Gasteiger partial charge in [-0.3, -0.25) is 10.00 Å². The summed E-state index contributed by atoms with van der Waals surface area (Å²) in [5.41, 5.74) is 3.83. The van der Waals surface area contributed by atoms with Crippen molar-refractivity contribution in [3.05, 3.63) is 47.8 Å². The van der Waals surface area contributed by atoms with Gasteiger partial charge in [0, 0.05) is 36.7 Å². The summed E-state index contributed by atoms with van der Waals surface area (Å²) < 4.78 is 0. The molecule has 0 bridgehead atoms. The van der Waals surface area contributed by atoms with Crippen molar-refractivity contribution in [2.75, 3.05) is 18.4 Å². The summed E-state index contributed by atoms with van der Waals surface area (Å²) in [6, 6.07) is 11.5. The molecule has 0 amide bonds. The third-order valence-corrected chi connectivity index (χ3v) is 4.41. The monoisotopic (exact) mass is 298 g/mol. The van der Waals surface area contributed by atoms with Gasteiger partial charge in [0.05, 0.1) is 0 Å². The second kappa shape index (κ2) is 6.97. The van der Waals surface area contributed by atoms with Crippen LogP contribution >= 0.6 is 0 Å². The van der Waals surface area contributed by atoms with E-state index in [9.17, 15) is 0 Å². The van der Waals surface area contributed by atoms with Gasteiger partial charge in [-0.2, -0.15) is 5.10 Å². The normalized spacial score (nSPS) is 19.5. The highest BCUT2D eigenvalue weighted by Gasteiger charge is 2.20. The van der Waals surface area contributed by atoms with Crippen LogP contribution in [0.1, 0.15) is 43.9 Å². The molecule has 4 heteroatoms. The highest BCUT2D eigenvalue weighted by Crippen LogP contribution is 2.20. The third kappa shape index (κ3) is 3.89. The van der Waals surface area contributed by atoms with Crippen LogP contribution in [0.5, 0.6) is 0 Å². The minimum atomic E-state index is 0.529. The number of aromatic amines is 1. The van der Waals surface area contributed by atoms with Gasteiger partial charge in [-0.25, -0.2) is 0 Å². The maximum Gasteiger partial charge on any atom is 0.0492 e. The first-order valence-electron chi connectivity index (χ1n) is 8.28. The van der Waals surface area contributed by atoms with Crippen LogP contribution in [0.3, 0.4) is 0 Å². The number of aromatic nitrogens is 2. The fraction of sp³-hybridized carbons (Fsp3) is 0.500. The van der Waals surface area contributed by atoms with Crippen molar-refractivity contribution in [1.82, 2.24) is 15.1 Å². The van der Waals surface area contributed by atoms with Crippen LogP contribution in [0, 0.1) is 0 Å². The third-order valence-electron chi connectivity index (χ3n) is 4.41. The Morgan fingerprint density at radius 1 is 1.27 bits per heavy atom. The van der Waals surface area contributed by atoms with Crippen LogP contribution < -0.4 is 5.32 Å². The summed E-state index contributed by atoms with van der Waals surface area (Å²) in [5.74, 6) is 0.591. The minimum absolute atomic E-state index is 0.529. The van der Waals surface area contributed by atoms with Crippen molar-refractivity contribution in [2.24, 2.45) is 0 Å². The fourth-order valence-corrected chi connectivity index (χ4v) is 3.13. The molecular weight excluding hydrogens is 272 g/mol. The van der Waals surface area contributed by atoms with E-state index in [4.69, 9.17) is 0 Å². The molecular formula is C18H26N4. The predicted octanol–water partition coefficient (Wildman–Crippen LogP) is 3.61. The van der Waals surface area contributed by atoms with Crippen LogP contribution in [-0.2, 0) is 6.54 Å². The molecule has 118 valence electrons. The molecule has 1 atom stereocenters. The second-order valence-corrected chi connectivity index (χ2v) is 6.58. The number of hydrogen-bond donors (Lipinski definition) is 2. The molecule has 1 fully saturated rings. The van der Waals surface area contributed by atoms with Crippen LogP contribution in [0.15, 0.2) is 36.5 Å². The maximum atomic E-state index is 4.03. The largest absolute Gasteiger partial charge is 0.381 e. The average molecular weight is 298 g/mol. The van der Waals surface area contributed by atoms with Crippen molar-refractivity contribution >= 4 is 5.69 Å². The van der Waals surface area contributed by atoms with E-state index >= 15 is 0 Å². The van der Waals surface area contributed by atoms with Crippen LogP contribution in [0.4, 0.5) is 5.69 Å². The first kappa shape index (κ1) is 15.1. The summed E-state index contributed by atoms with van der Waals surface area (Å²) in [6.07, 6.45) is 4.31. The van der Waals surface area contributed by atoms with Gasteiger partial charge in [-0.15, -0.1) is 0 Å². The molecule has 2 heterocycles. The van der Waals surface area contributed by atoms with E-state index in [2.05, 4.69) is 64.6 Å². The Morgan fingerprint density at radius 2 is 2.09 bits per heavy atom. The number of nitrogens with zero attached hydrogens (tertiary/aromatic N) is 2. The van der Waals surface area contributed by atoms with Gasteiger partial charge >= 0.3 is 0 Å². The number of H-pyrrole nitrogens is 1. The molecule has 4 nitrogen and oxygen atoms in total. The fourth-order valence-electron chi connectivity index (χ4n) is 3.13. The summed E-state index contributed by atoms with van der Waals surface area (Å²) in [5, 5.41) is 10.8. The smallest absolute Gasteiger partial charge is 0.0492 e. The zero-order valence-electron chi connectivity index (χ0n) is 13.5. The molecule has 0 spiro atoms. The Labute approximate surface area is 132 Å². The summed E-state index contributed by atoms with van der Waals surface area (Å²) in [7, 11) is 0. The molecule has 2 N–H and O–H groups in total. The predicted molar refractivity (Wildman–Crippen MR) is 91.0 cm³/mol. The van der Waals surface area contributed by atoms with E-state index < -0.39 is 0 Å². The maximum absolute atomic E-state index is 4.03. The molecule has 1 aromatic carbocycles. The van der Waals surface area contributed by atoms with Gasteiger partial charge in [0.1, 0.15) is 0 Å². The van der Waals surface area contributed by atoms with Crippen molar-refractivity contribution in [2.45, 2.75) is 45.2 Å². The van der Waals surface area contributed by atoms with Crippen molar-refractivity contribution < 1.29 is 0 Å². The van der Waals surface area contributed by atoms with Crippen LogP contribution in [0.2, 0.25) is 0 Å². The van der Waals surface area contributed by atoms with Crippen molar-refractivity contribution in [3.63, 3.8) is 0 Å². The number of benzene rings is 1. The highest BCUT2D eigenvalue weighted by atomic mass is 15.2. The topological polar surface area (TPSA) is 44.0 Å². The Morgan fingerprint density at radius 3 is 2.77 bits per heavy atom. The number of anilines is 1. The second-order valence-electron chi connectivity index (χ2n) is 6.58. The van der Waals surface area contributed by atoms with Crippen LogP contribution in [0.25, 0.3) is 0 Å². The zero-order chi connectivity index (χ0) is 15.4. The van der Waals surface area contributed by atoms with E-state index in [1.54, 1.807) is 0 Å². The molecule has 0 saturated carbocycles. The number of piperidine rings is 1. The van der Waals surface area contributed by atoms with Gasteiger partial charge in [-0.05, 0) is 49.1 Å². The number of nitrogens with one attached hydrogen (secondary N) is 2. The van der Waals surface area contributed by atoms with Gasteiger partial charge < -0.3 is 5.32 Å². The average Bonchev–Trinajstić information content (AvgIpc) is 3.01. The summed E-state index contributed by atoms with van der Waals surface area (Å²) >= 11 is 0. The minimum Gasteiger partial charge on any atom is -0.381 e. The molecule has 1 aliphatic rings. The van der Waals surface area contributed by atoms with Gasteiger partial charge in [0.2, 0.25) is 0 Å². The van der Waals surface area contributed by atoms with E-state index in [1.807, 2.05) is 6.20 Å².